The number of benzene rings is 1. The summed E-state index contributed by atoms with van der Waals surface area (Å²) in [5.74, 6) is 0.969. The van der Waals surface area contributed by atoms with Gasteiger partial charge >= 0.3 is 0 Å². The predicted octanol–water partition coefficient (Wildman–Crippen LogP) is 0.428. The van der Waals surface area contributed by atoms with Gasteiger partial charge in [0.15, 0.2) is 11.5 Å². The minimum Gasteiger partial charge on any atom is -0.485 e. The van der Waals surface area contributed by atoms with Gasteiger partial charge in [0.05, 0.1) is 11.3 Å². The first kappa shape index (κ1) is 13.1. The molecule has 0 aromatic heterocycles. The zero-order chi connectivity index (χ0) is 14.1. The zero-order valence-corrected chi connectivity index (χ0v) is 11.6. The minimum absolute atomic E-state index is 0.0140. The van der Waals surface area contributed by atoms with E-state index in [-0.39, 0.29) is 5.91 Å². The molecule has 1 fully saturated rings. The smallest absolute Gasteiger partial charge is 0.257 e. The van der Waals surface area contributed by atoms with E-state index in [0.717, 1.165) is 26.2 Å². The summed E-state index contributed by atoms with van der Waals surface area (Å²) in [5, 5.41) is 0. The minimum atomic E-state index is -0.0140. The molecule has 2 aliphatic rings. The molecule has 3 rings (SSSR count). The Morgan fingerprint density at radius 1 is 1.10 bits per heavy atom. The van der Waals surface area contributed by atoms with E-state index in [1.807, 2.05) is 4.90 Å². The van der Waals surface area contributed by atoms with Crippen LogP contribution in [0.1, 0.15) is 10.4 Å². The second-order valence-corrected chi connectivity index (χ2v) is 5.15. The Kier molecular flexibility index (Phi) is 3.40. The van der Waals surface area contributed by atoms with Crippen LogP contribution in [0.4, 0.5) is 5.69 Å². The van der Waals surface area contributed by atoms with Gasteiger partial charge in [-0.1, -0.05) is 0 Å². The fraction of sp³-hybridized carbons (Fsp3) is 0.500. The molecule has 6 nitrogen and oxygen atoms in total. The molecule has 20 heavy (non-hydrogen) atoms. The number of nitrogens with zero attached hydrogens (tertiary/aromatic N) is 2. The van der Waals surface area contributed by atoms with Crippen molar-refractivity contribution in [3.8, 4) is 11.5 Å². The first-order valence-electron chi connectivity index (χ1n) is 6.82. The van der Waals surface area contributed by atoms with E-state index in [1.54, 1.807) is 12.1 Å². The van der Waals surface area contributed by atoms with E-state index in [1.165, 1.54) is 0 Å². The lowest BCUT2D eigenvalue weighted by Gasteiger charge is -2.33. The molecule has 2 N–H and O–H groups in total. The lowest BCUT2D eigenvalue weighted by atomic mass is 10.1. The maximum absolute atomic E-state index is 12.6. The maximum Gasteiger partial charge on any atom is 0.257 e. The number of amides is 1. The molecule has 6 heteroatoms. The monoisotopic (exact) mass is 277 g/mol. The van der Waals surface area contributed by atoms with E-state index in [2.05, 4.69) is 11.9 Å². The van der Waals surface area contributed by atoms with E-state index >= 15 is 0 Å². The molecule has 2 heterocycles. The summed E-state index contributed by atoms with van der Waals surface area (Å²) in [7, 11) is 2.06. The number of rotatable bonds is 1. The van der Waals surface area contributed by atoms with Crippen LogP contribution in [0.15, 0.2) is 12.1 Å². The van der Waals surface area contributed by atoms with Crippen LogP contribution < -0.4 is 15.2 Å². The van der Waals surface area contributed by atoms with E-state index in [0.29, 0.717) is 36.0 Å². The van der Waals surface area contributed by atoms with Crippen molar-refractivity contribution < 1.29 is 14.3 Å². The Morgan fingerprint density at radius 2 is 1.75 bits per heavy atom. The number of ether oxygens (including phenoxy) is 2. The summed E-state index contributed by atoms with van der Waals surface area (Å²) in [5.41, 5.74) is 6.92. The molecule has 0 unspecified atom stereocenters. The number of likely N-dealkylation sites (N-methyl/N-ethyl adjacent to an activating group) is 1. The topological polar surface area (TPSA) is 68.0 Å². The van der Waals surface area contributed by atoms with Gasteiger partial charge in [-0.2, -0.15) is 0 Å². The van der Waals surface area contributed by atoms with Crippen LogP contribution in [0, 0.1) is 0 Å². The highest BCUT2D eigenvalue weighted by molar-refractivity contribution is 5.99. The lowest BCUT2D eigenvalue weighted by molar-refractivity contribution is 0.0654. The zero-order valence-electron chi connectivity index (χ0n) is 11.6. The van der Waals surface area contributed by atoms with Crippen LogP contribution in [0.3, 0.4) is 0 Å². The molecule has 1 aromatic rings. The third kappa shape index (κ3) is 2.27. The number of fused-ring (bicyclic) bond motifs is 1. The molecule has 2 aliphatic heterocycles. The third-order valence-corrected chi connectivity index (χ3v) is 3.74. The van der Waals surface area contributed by atoms with E-state index in [4.69, 9.17) is 15.2 Å². The predicted molar refractivity (Wildman–Crippen MR) is 75.2 cm³/mol. The molecule has 0 aliphatic carbocycles. The van der Waals surface area contributed by atoms with Crippen molar-refractivity contribution in [1.82, 2.24) is 9.80 Å². The normalized spacial score (nSPS) is 18.9. The molecule has 0 radical (unpaired) electrons. The summed E-state index contributed by atoms with van der Waals surface area (Å²) in [6.07, 6.45) is 0. The molecule has 1 saturated heterocycles. The molecule has 108 valence electrons. The van der Waals surface area contributed by atoms with Crippen LogP contribution in [0.5, 0.6) is 11.5 Å². The molecular formula is C14H19N3O3. The number of carbonyl (C=O) groups is 1. The molecule has 0 spiro atoms. The van der Waals surface area contributed by atoms with Crippen molar-refractivity contribution in [2.45, 2.75) is 0 Å². The average molecular weight is 277 g/mol. The number of hydrogen-bond donors (Lipinski definition) is 1. The number of hydrogen-bond acceptors (Lipinski definition) is 5. The average Bonchev–Trinajstić information content (AvgIpc) is 2.48. The van der Waals surface area contributed by atoms with Gasteiger partial charge in [0, 0.05) is 26.2 Å². The van der Waals surface area contributed by atoms with Crippen molar-refractivity contribution in [3.05, 3.63) is 17.7 Å². The summed E-state index contributed by atoms with van der Waals surface area (Å²) in [6, 6.07) is 3.43. The summed E-state index contributed by atoms with van der Waals surface area (Å²) < 4.78 is 11.1. The number of nitrogens with two attached hydrogens (primary N) is 1. The maximum atomic E-state index is 12.6. The Balaban J connectivity index is 1.88. The van der Waals surface area contributed by atoms with Crippen molar-refractivity contribution in [1.29, 1.82) is 0 Å². The van der Waals surface area contributed by atoms with E-state index in [9.17, 15) is 4.79 Å². The number of nitrogen functional groups attached to an aromatic ring is 1. The van der Waals surface area contributed by atoms with Crippen LogP contribution >= 0.6 is 0 Å². The lowest BCUT2D eigenvalue weighted by Crippen LogP contribution is -2.47. The van der Waals surface area contributed by atoms with Crippen molar-refractivity contribution in [3.63, 3.8) is 0 Å². The fourth-order valence-corrected chi connectivity index (χ4v) is 2.51. The van der Waals surface area contributed by atoms with Gasteiger partial charge in [0.2, 0.25) is 0 Å². The summed E-state index contributed by atoms with van der Waals surface area (Å²) in [4.78, 5) is 16.7. The van der Waals surface area contributed by atoms with Crippen molar-refractivity contribution >= 4 is 11.6 Å². The Bertz CT molecular complexity index is 525. The highest BCUT2D eigenvalue weighted by atomic mass is 16.6. The Morgan fingerprint density at radius 3 is 2.45 bits per heavy atom. The van der Waals surface area contributed by atoms with Crippen molar-refractivity contribution in [2.75, 3.05) is 52.2 Å². The van der Waals surface area contributed by atoms with Gasteiger partial charge in [0.1, 0.15) is 13.2 Å². The van der Waals surface area contributed by atoms with Gasteiger partial charge in [-0.25, -0.2) is 0 Å². The van der Waals surface area contributed by atoms with Gasteiger partial charge in [-0.15, -0.1) is 0 Å². The van der Waals surface area contributed by atoms with Crippen LogP contribution in [-0.2, 0) is 0 Å². The number of anilines is 1. The third-order valence-electron chi connectivity index (χ3n) is 3.74. The standard InChI is InChI=1S/C14H19N3O3/c1-16-4-6-17(7-5-16)14(18)10-2-3-11(15)13-12(10)19-8-9-20-13/h2-3H,4-9,15H2,1H3. The molecule has 0 bridgehead atoms. The SMILES string of the molecule is CN1CCN(C(=O)c2ccc(N)c3c2OCCO3)CC1. The second kappa shape index (κ2) is 5.20. The van der Waals surface area contributed by atoms with Crippen LogP contribution in [-0.4, -0.2) is 62.1 Å². The van der Waals surface area contributed by atoms with Gasteiger partial charge in [-0.05, 0) is 19.2 Å². The van der Waals surface area contributed by atoms with E-state index < -0.39 is 0 Å². The first-order valence-corrected chi connectivity index (χ1v) is 6.82. The van der Waals surface area contributed by atoms with Crippen LogP contribution in [0.25, 0.3) is 0 Å². The Hall–Kier alpha value is -1.95. The summed E-state index contributed by atoms with van der Waals surface area (Å²) in [6.45, 7) is 4.15. The van der Waals surface area contributed by atoms with Gasteiger partial charge < -0.3 is 25.0 Å². The molecular weight excluding hydrogens is 258 g/mol. The van der Waals surface area contributed by atoms with Gasteiger partial charge in [0.25, 0.3) is 5.91 Å². The number of carbonyl (C=O) groups excluding carboxylic acids is 1. The quantitative estimate of drug-likeness (QED) is 0.754. The highest BCUT2D eigenvalue weighted by Gasteiger charge is 2.27. The van der Waals surface area contributed by atoms with Crippen LogP contribution in [0.2, 0.25) is 0 Å². The largest absolute Gasteiger partial charge is 0.485 e. The fourth-order valence-electron chi connectivity index (χ4n) is 2.51. The number of piperazine rings is 1. The molecule has 1 aromatic carbocycles. The highest BCUT2D eigenvalue weighted by Crippen LogP contribution is 2.39. The van der Waals surface area contributed by atoms with Gasteiger partial charge in [-0.3, -0.25) is 4.79 Å². The first-order chi connectivity index (χ1) is 9.66. The van der Waals surface area contributed by atoms with Crippen molar-refractivity contribution in [2.24, 2.45) is 0 Å². The molecule has 1 amide bonds. The Labute approximate surface area is 118 Å². The summed E-state index contributed by atoms with van der Waals surface area (Å²) >= 11 is 0. The second-order valence-electron chi connectivity index (χ2n) is 5.15. The molecule has 0 atom stereocenters. The molecule has 0 saturated carbocycles.